The highest BCUT2D eigenvalue weighted by Crippen LogP contribution is 2.43. The first-order valence-corrected chi connectivity index (χ1v) is 14.9. The van der Waals surface area contributed by atoms with Gasteiger partial charge in [-0.1, -0.05) is 30.4 Å². The summed E-state index contributed by atoms with van der Waals surface area (Å²) in [6.45, 7) is 4.63. The second kappa shape index (κ2) is 15.9. The van der Waals surface area contributed by atoms with E-state index in [0.29, 0.717) is 46.4 Å². The highest BCUT2D eigenvalue weighted by atomic mass is 32.2. The van der Waals surface area contributed by atoms with E-state index < -0.39 is 34.8 Å². The number of carbonyl (C=O) groups excluding carboxylic acids is 2. The van der Waals surface area contributed by atoms with Crippen molar-refractivity contribution in [3.05, 3.63) is 88.8 Å². The molecule has 42 heavy (non-hydrogen) atoms. The molecular weight excluding hydrogens is 560 g/mol. The van der Waals surface area contributed by atoms with Gasteiger partial charge >= 0.3 is 11.9 Å². The predicted molar refractivity (Wildman–Crippen MR) is 160 cm³/mol. The normalized spacial score (nSPS) is 15.3. The van der Waals surface area contributed by atoms with Gasteiger partial charge in [0, 0.05) is 52.0 Å². The molecule has 11 heteroatoms. The largest absolute Gasteiger partial charge is 0.491 e. The number of ether oxygens (including phenoxy) is 4. The number of nitrogens with one attached hydrogen (secondary N) is 2. The Bertz CT molecular complexity index is 1330. The van der Waals surface area contributed by atoms with Crippen LogP contribution in [0.25, 0.3) is 0 Å². The zero-order chi connectivity index (χ0) is 30.6. The second-order valence-electron chi connectivity index (χ2n) is 9.49. The van der Waals surface area contributed by atoms with Crippen molar-refractivity contribution in [1.82, 2.24) is 10.6 Å². The molecule has 2 atom stereocenters. The summed E-state index contributed by atoms with van der Waals surface area (Å²) in [5, 5.41) is 16.3. The van der Waals surface area contributed by atoms with Crippen molar-refractivity contribution in [2.45, 2.75) is 30.8 Å². The predicted octanol–water partition coefficient (Wildman–Crippen LogP) is 2.97. The SMILES string of the molecule is COC(=O)C1=C(C)NC(C)=C(C(=O)OC)C1c1cc(S(C)=O)ccc1OC/C=C/CNC[C@H](O)COc1ccccc1. The molecule has 3 rings (SSSR count). The average molecular weight is 599 g/mol. The smallest absolute Gasteiger partial charge is 0.336 e. The van der Waals surface area contributed by atoms with Crippen LogP contribution in [0.15, 0.2) is 88.1 Å². The molecule has 0 saturated carbocycles. The van der Waals surface area contributed by atoms with E-state index in [1.807, 2.05) is 42.5 Å². The van der Waals surface area contributed by atoms with Crippen molar-refractivity contribution in [1.29, 1.82) is 0 Å². The van der Waals surface area contributed by atoms with Gasteiger partial charge in [0.1, 0.15) is 30.8 Å². The molecule has 226 valence electrons. The summed E-state index contributed by atoms with van der Waals surface area (Å²) < 4.78 is 34.1. The van der Waals surface area contributed by atoms with Gasteiger partial charge in [0.25, 0.3) is 0 Å². The Morgan fingerprint density at radius 3 is 2.24 bits per heavy atom. The topological polar surface area (TPSA) is 132 Å². The maximum atomic E-state index is 12.9. The van der Waals surface area contributed by atoms with Crippen LogP contribution in [0, 0.1) is 0 Å². The Morgan fingerprint density at radius 1 is 1.00 bits per heavy atom. The molecule has 0 spiro atoms. The maximum absolute atomic E-state index is 12.9. The molecule has 0 aliphatic carbocycles. The third kappa shape index (κ3) is 8.54. The van der Waals surface area contributed by atoms with Gasteiger partial charge in [-0.2, -0.15) is 0 Å². The van der Waals surface area contributed by atoms with E-state index in [-0.39, 0.29) is 24.4 Å². The fourth-order valence-corrected chi connectivity index (χ4v) is 5.07. The van der Waals surface area contributed by atoms with Crippen molar-refractivity contribution in [3.63, 3.8) is 0 Å². The van der Waals surface area contributed by atoms with Gasteiger partial charge in [-0.15, -0.1) is 0 Å². The monoisotopic (exact) mass is 598 g/mol. The van der Waals surface area contributed by atoms with E-state index in [4.69, 9.17) is 18.9 Å². The lowest BCUT2D eigenvalue weighted by atomic mass is 9.80. The minimum absolute atomic E-state index is 0.171. The van der Waals surface area contributed by atoms with Crippen molar-refractivity contribution in [2.24, 2.45) is 0 Å². The van der Waals surface area contributed by atoms with Crippen LogP contribution in [-0.4, -0.2) is 74.1 Å². The zero-order valence-electron chi connectivity index (χ0n) is 24.5. The summed E-state index contributed by atoms with van der Waals surface area (Å²) in [6, 6.07) is 14.3. The Hall–Kier alpha value is -3.93. The van der Waals surface area contributed by atoms with Crippen LogP contribution >= 0.6 is 0 Å². The molecule has 0 fully saturated rings. The number of rotatable bonds is 14. The van der Waals surface area contributed by atoms with Crippen LogP contribution < -0.4 is 20.1 Å². The molecule has 1 aliphatic heterocycles. The zero-order valence-corrected chi connectivity index (χ0v) is 25.3. The van der Waals surface area contributed by atoms with Crippen LogP contribution in [0.2, 0.25) is 0 Å². The molecule has 2 aromatic carbocycles. The molecule has 10 nitrogen and oxygen atoms in total. The molecule has 0 radical (unpaired) electrons. The molecule has 0 saturated heterocycles. The summed E-state index contributed by atoms with van der Waals surface area (Å²) in [5.41, 5.74) is 1.97. The van der Waals surface area contributed by atoms with Gasteiger partial charge in [0.15, 0.2) is 0 Å². The Morgan fingerprint density at radius 2 is 1.64 bits per heavy atom. The van der Waals surface area contributed by atoms with Gasteiger partial charge in [-0.3, -0.25) is 4.21 Å². The third-order valence-electron chi connectivity index (χ3n) is 6.52. The number of methoxy groups -OCH3 is 2. The summed E-state index contributed by atoms with van der Waals surface area (Å²) >= 11 is 0. The molecule has 0 amide bonds. The van der Waals surface area contributed by atoms with E-state index in [1.165, 1.54) is 14.2 Å². The molecule has 1 unspecified atom stereocenters. The lowest BCUT2D eigenvalue weighted by Gasteiger charge is -2.31. The second-order valence-corrected chi connectivity index (χ2v) is 10.9. The van der Waals surface area contributed by atoms with Crippen molar-refractivity contribution >= 4 is 22.7 Å². The van der Waals surface area contributed by atoms with Gasteiger partial charge in [-0.25, -0.2) is 9.59 Å². The molecule has 3 N–H and O–H groups in total. The highest BCUT2D eigenvalue weighted by molar-refractivity contribution is 7.84. The van der Waals surface area contributed by atoms with Gasteiger partial charge < -0.3 is 34.7 Å². The lowest BCUT2D eigenvalue weighted by Crippen LogP contribution is -2.32. The van der Waals surface area contributed by atoms with Crippen LogP contribution in [-0.2, 0) is 29.9 Å². The van der Waals surface area contributed by atoms with Gasteiger partial charge in [0.05, 0.1) is 31.3 Å². The van der Waals surface area contributed by atoms with E-state index in [1.54, 1.807) is 38.3 Å². The number of hydrogen-bond donors (Lipinski definition) is 3. The van der Waals surface area contributed by atoms with Crippen molar-refractivity contribution < 1.29 is 37.9 Å². The number of carbonyl (C=O) groups is 2. The Kier molecular flexibility index (Phi) is 12.3. The quantitative estimate of drug-likeness (QED) is 0.169. The van der Waals surface area contributed by atoms with Crippen LogP contribution in [0.1, 0.15) is 25.3 Å². The fourth-order valence-electron chi connectivity index (χ4n) is 4.52. The Balaban J connectivity index is 1.73. The van der Waals surface area contributed by atoms with E-state index >= 15 is 0 Å². The lowest BCUT2D eigenvalue weighted by molar-refractivity contribution is -0.137. The third-order valence-corrected chi connectivity index (χ3v) is 7.44. The summed E-state index contributed by atoms with van der Waals surface area (Å²) in [7, 11) is 1.21. The number of dihydropyridines is 1. The first-order chi connectivity index (χ1) is 20.2. The van der Waals surface area contributed by atoms with Crippen LogP contribution in [0.4, 0.5) is 0 Å². The van der Waals surface area contributed by atoms with E-state index in [2.05, 4.69) is 10.6 Å². The first kappa shape index (κ1) is 32.6. The molecule has 1 heterocycles. The molecule has 0 bridgehead atoms. The number of esters is 2. The number of para-hydroxylation sites is 1. The van der Waals surface area contributed by atoms with Gasteiger partial charge in [0.2, 0.25) is 0 Å². The maximum Gasteiger partial charge on any atom is 0.336 e. The Labute approximate surface area is 248 Å². The summed E-state index contributed by atoms with van der Waals surface area (Å²) in [6.07, 6.45) is 4.54. The van der Waals surface area contributed by atoms with Crippen LogP contribution in [0.5, 0.6) is 11.5 Å². The summed E-state index contributed by atoms with van der Waals surface area (Å²) in [4.78, 5) is 26.4. The fraction of sp³-hybridized carbons (Fsp3) is 0.355. The minimum Gasteiger partial charge on any atom is -0.491 e. The van der Waals surface area contributed by atoms with Crippen molar-refractivity contribution in [2.75, 3.05) is 46.8 Å². The molecule has 0 aromatic heterocycles. The number of hydrogen-bond acceptors (Lipinski definition) is 10. The number of allylic oxidation sites excluding steroid dienone is 2. The minimum atomic E-state index is -1.33. The van der Waals surface area contributed by atoms with Crippen LogP contribution in [0.3, 0.4) is 0 Å². The number of benzene rings is 2. The number of aliphatic hydroxyl groups is 1. The van der Waals surface area contributed by atoms with E-state index in [9.17, 15) is 18.9 Å². The number of aliphatic hydroxyl groups excluding tert-OH is 1. The van der Waals surface area contributed by atoms with Gasteiger partial charge in [-0.05, 0) is 44.2 Å². The highest BCUT2D eigenvalue weighted by Gasteiger charge is 2.39. The molecule has 1 aliphatic rings. The van der Waals surface area contributed by atoms with E-state index in [0.717, 1.165) is 0 Å². The molecular formula is C31H38N2O8S. The first-order valence-electron chi connectivity index (χ1n) is 13.3. The average Bonchev–Trinajstić information content (AvgIpc) is 2.99. The standard InChI is InChI=1S/C31H38N2O8S/c1-20-27(30(35)38-3)29(28(21(2)33-20)31(36)39-4)25-17-24(42(5)37)13-14-26(25)40-16-10-9-15-32-18-22(34)19-41-23-11-7-6-8-12-23/h6-14,17,22,29,32-34H,15-16,18-19H2,1-5H3/b10-9+/t22-,42?/m0/s1. The molecule has 2 aromatic rings. The van der Waals surface area contributed by atoms with Crippen molar-refractivity contribution in [3.8, 4) is 11.5 Å². The summed E-state index contributed by atoms with van der Waals surface area (Å²) in [5.74, 6) is -1.00.